The first kappa shape index (κ1) is 26.2. The van der Waals surface area contributed by atoms with Crippen molar-refractivity contribution in [2.24, 2.45) is 0 Å². The van der Waals surface area contributed by atoms with E-state index < -0.39 is 41.1 Å². The van der Waals surface area contributed by atoms with Crippen molar-refractivity contribution in [2.45, 2.75) is 70.4 Å². The molecule has 1 aliphatic rings. The Balaban J connectivity index is 1.91. The number of carbonyl (C=O) groups is 3. The van der Waals surface area contributed by atoms with Crippen LogP contribution in [0, 0.1) is 0 Å². The van der Waals surface area contributed by atoms with Gasteiger partial charge in [-0.1, -0.05) is 42.5 Å². The van der Waals surface area contributed by atoms with Crippen molar-refractivity contribution in [3.8, 4) is 5.75 Å². The van der Waals surface area contributed by atoms with E-state index in [1.165, 1.54) is 14.0 Å². The summed E-state index contributed by atoms with van der Waals surface area (Å²) in [6.45, 7) is 7.09. The lowest BCUT2D eigenvalue weighted by Crippen LogP contribution is -2.48. The molecule has 3 atom stereocenters. The van der Waals surface area contributed by atoms with Crippen LogP contribution in [0.2, 0.25) is 0 Å². The second kappa shape index (κ2) is 10.5. The number of carbonyl (C=O) groups excluding carboxylic acids is 3. The molecule has 1 aliphatic heterocycles. The fourth-order valence-corrected chi connectivity index (χ4v) is 4.32. The number of likely N-dealkylation sites (tertiary alicyclic amines) is 1. The van der Waals surface area contributed by atoms with Crippen LogP contribution in [0.5, 0.6) is 5.75 Å². The van der Waals surface area contributed by atoms with Crippen LogP contribution >= 0.6 is 0 Å². The molecule has 2 aromatic rings. The maximum absolute atomic E-state index is 13.7. The number of hydrogen-bond acceptors (Lipinski definition) is 7. The normalized spacial score (nSPS) is 20.9. The lowest BCUT2D eigenvalue weighted by molar-refractivity contribution is -0.160. The summed E-state index contributed by atoms with van der Waals surface area (Å²) in [4.78, 5) is 39.8. The van der Waals surface area contributed by atoms with Gasteiger partial charge in [0.2, 0.25) is 5.91 Å². The standard InChI is InChI=1S/C27H33NO7/c1-18(24(31)33-5)28-22(29)15-27(25(28)32,16-23(30)35-26(2,3)4)20-11-13-21(14-12-20)34-17-19-9-7-6-8-10-19/h6-14,18,22,29H,15-17H2,1-5H3/t18-,22?,27?/m1/s1. The molecule has 1 amide bonds. The van der Waals surface area contributed by atoms with Crippen molar-refractivity contribution in [2.75, 3.05) is 7.11 Å². The molecule has 3 rings (SSSR count). The maximum atomic E-state index is 13.7. The van der Waals surface area contributed by atoms with Gasteiger partial charge in [0.25, 0.3) is 0 Å². The molecule has 8 heteroatoms. The number of esters is 2. The van der Waals surface area contributed by atoms with Crippen molar-refractivity contribution >= 4 is 17.8 Å². The predicted molar refractivity (Wildman–Crippen MR) is 128 cm³/mol. The molecular formula is C27H33NO7. The largest absolute Gasteiger partial charge is 0.489 e. The third-order valence-electron chi connectivity index (χ3n) is 5.98. The number of hydrogen-bond donors (Lipinski definition) is 1. The number of nitrogens with zero attached hydrogens (tertiary/aromatic N) is 1. The van der Waals surface area contributed by atoms with Gasteiger partial charge >= 0.3 is 11.9 Å². The monoisotopic (exact) mass is 483 g/mol. The number of rotatable bonds is 8. The first-order valence-electron chi connectivity index (χ1n) is 11.5. The highest BCUT2D eigenvalue weighted by molar-refractivity contribution is 5.97. The molecule has 2 aromatic carbocycles. The Labute approximate surface area is 205 Å². The van der Waals surface area contributed by atoms with Crippen LogP contribution in [-0.4, -0.2) is 52.8 Å². The minimum atomic E-state index is -1.40. The Bertz CT molecular complexity index is 1050. The van der Waals surface area contributed by atoms with Gasteiger partial charge in [-0.3, -0.25) is 9.59 Å². The van der Waals surface area contributed by atoms with Gasteiger partial charge in [-0.2, -0.15) is 0 Å². The molecule has 0 radical (unpaired) electrons. The van der Waals surface area contributed by atoms with Crippen molar-refractivity contribution in [1.82, 2.24) is 4.90 Å². The number of aliphatic hydroxyl groups is 1. The zero-order chi connectivity index (χ0) is 25.8. The molecular weight excluding hydrogens is 450 g/mol. The Morgan fingerprint density at radius 1 is 1.11 bits per heavy atom. The molecule has 0 bridgehead atoms. The van der Waals surface area contributed by atoms with E-state index in [1.807, 2.05) is 30.3 Å². The lowest BCUT2D eigenvalue weighted by Gasteiger charge is -2.30. The van der Waals surface area contributed by atoms with E-state index in [-0.39, 0.29) is 12.8 Å². The van der Waals surface area contributed by atoms with Crippen molar-refractivity contribution < 1.29 is 33.7 Å². The average Bonchev–Trinajstić information content (AvgIpc) is 3.06. The molecule has 1 heterocycles. The highest BCUT2D eigenvalue weighted by Crippen LogP contribution is 2.43. The first-order chi connectivity index (χ1) is 16.5. The van der Waals surface area contributed by atoms with E-state index in [0.29, 0.717) is 17.9 Å². The van der Waals surface area contributed by atoms with Gasteiger partial charge in [0.1, 0.15) is 30.2 Å². The van der Waals surface area contributed by atoms with Crippen LogP contribution < -0.4 is 4.74 Å². The van der Waals surface area contributed by atoms with Crippen molar-refractivity contribution in [3.63, 3.8) is 0 Å². The molecule has 0 saturated carbocycles. The second-order valence-corrected chi connectivity index (χ2v) is 9.74. The predicted octanol–water partition coefficient (Wildman–Crippen LogP) is 3.35. The van der Waals surface area contributed by atoms with Crippen LogP contribution in [0.1, 0.15) is 51.7 Å². The van der Waals surface area contributed by atoms with Crippen molar-refractivity contribution in [1.29, 1.82) is 0 Å². The molecule has 0 aliphatic carbocycles. The summed E-state index contributed by atoms with van der Waals surface area (Å²) >= 11 is 0. The first-order valence-corrected chi connectivity index (χ1v) is 11.5. The highest BCUT2D eigenvalue weighted by Gasteiger charge is 2.56. The van der Waals surface area contributed by atoms with Gasteiger partial charge in [-0.15, -0.1) is 0 Å². The van der Waals surface area contributed by atoms with E-state index >= 15 is 0 Å². The summed E-state index contributed by atoms with van der Waals surface area (Å²) in [6, 6.07) is 15.6. The molecule has 1 saturated heterocycles. The summed E-state index contributed by atoms with van der Waals surface area (Å²) in [6.07, 6.45) is -1.63. The summed E-state index contributed by atoms with van der Waals surface area (Å²) in [5.74, 6) is -1.17. The topological polar surface area (TPSA) is 102 Å². The van der Waals surface area contributed by atoms with Gasteiger partial charge in [-0.05, 0) is 51.0 Å². The van der Waals surface area contributed by atoms with Gasteiger partial charge in [-0.25, -0.2) is 4.79 Å². The zero-order valence-corrected chi connectivity index (χ0v) is 20.8. The minimum Gasteiger partial charge on any atom is -0.489 e. The molecule has 8 nitrogen and oxygen atoms in total. The Hall–Kier alpha value is -3.39. The van der Waals surface area contributed by atoms with E-state index in [2.05, 4.69) is 0 Å². The highest BCUT2D eigenvalue weighted by atomic mass is 16.6. The fourth-order valence-electron chi connectivity index (χ4n) is 4.32. The Morgan fingerprint density at radius 3 is 2.31 bits per heavy atom. The van der Waals surface area contributed by atoms with Crippen LogP contribution in [-0.2, 0) is 35.9 Å². The average molecular weight is 484 g/mol. The summed E-state index contributed by atoms with van der Waals surface area (Å²) < 4.78 is 16.1. The zero-order valence-electron chi connectivity index (χ0n) is 20.8. The Morgan fingerprint density at radius 2 is 1.74 bits per heavy atom. The van der Waals surface area contributed by atoms with E-state index in [4.69, 9.17) is 14.2 Å². The van der Waals surface area contributed by atoms with Crippen LogP contribution in [0.25, 0.3) is 0 Å². The quantitative estimate of drug-likeness (QED) is 0.575. The summed E-state index contributed by atoms with van der Waals surface area (Å²) in [7, 11) is 1.22. The lowest BCUT2D eigenvalue weighted by atomic mass is 9.75. The van der Waals surface area contributed by atoms with Gasteiger partial charge in [0.15, 0.2) is 0 Å². The number of aliphatic hydroxyl groups excluding tert-OH is 1. The number of benzene rings is 2. The van der Waals surface area contributed by atoms with E-state index in [9.17, 15) is 19.5 Å². The number of methoxy groups -OCH3 is 1. The third-order valence-corrected chi connectivity index (χ3v) is 5.98. The van der Waals surface area contributed by atoms with Gasteiger partial charge in [0.05, 0.1) is 18.9 Å². The SMILES string of the molecule is COC(=O)[C@@H](C)N1C(=O)C(CC(=O)OC(C)(C)C)(c2ccc(OCc3ccccc3)cc2)CC1O. The third kappa shape index (κ3) is 6.00. The smallest absolute Gasteiger partial charge is 0.328 e. The molecule has 0 spiro atoms. The van der Waals surface area contributed by atoms with E-state index in [1.54, 1.807) is 45.0 Å². The molecule has 1 N–H and O–H groups in total. The van der Waals surface area contributed by atoms with Gasteiger partial charge < -0.3 is 24.2 Å². The molecule has 0 aromatic heterocycles. The Kier molecular flexibility index (Phi) is 7.85. The molecule has 1 fully saturated rings. The van der Waals surface area contributed by atoms with Crippen molar-refractivity contribution in [3.05, 3.63) is 65.7 Å². The van der Waals surface area contributed by atoms with Crippen LogP contribution in [0.15, 0.2) is 54.6 Å². The molecule has 188 valence electrons. The minimum absolute atomic E-state index is 0.0728. The maximum Gasteiger partial charge on any atom is 0.328 e. The fraction of sp³-hybridized carbons (Fsp3) is 0.444. The molecule has 2 unspecified atom stereocenters. The molecule has 35 heavy (non-hydrogen) atoms. The second-order valence-electron chi connectivity index (χ2n) is 9.74. The van der Waals surface area contributed by atoms with E-state index in [0.717, 1.165) is 10.5 Å². The van der Waals surface area contributed by atoms with Gasteiger partial charge in [0, 0.05) is 6.42 Å². The van der Waals surface area contributed by atoms with Crippen LogP contribution in [0.4, 0.5) is 0 Å². The summed E-state index contributed by atoms with van der Waals surface area (Å²) in [5.41, 5.74) is -0.604. The summed E-state index contributed by atoms with van der Waals surface area (Å²) in [5, 5.41) is 10.8. The number of ether oxygens (including phenoxy) is 3. The van der Waals surface area contributed by atoms with Crippen LogP contribution in [0.3, 0.4) is 0 Å². The number of amides is 1.